The van der Waals surface area contributed by atoms with Gasteiger partial charge < -0.3 is 5.11 Å². The molecule has 0 saturated heterocycles. The number of benzene rings is 2. The van der Waals surface area contributed by atoms with E-state index < -0.39 is 12.0 Å². The topological polar surface area (TPSA) is 49.3 Å². The molecule has 2 aromatic carbocycles. The van der Waals surface area contributed by atoms with Crippen LogP contribution in [0.5, 0.6) is 0 Å². The van der Waals surface area contributed by atoms with Crippen molar-refractivity contribution in [1.82, 2.24) is 5.32 Å². The largest absolute Gasteiger partial charge is 0.480 e. The van der Waals surface area contributed by atoms with Gasteiger partial charge in [0.2, 0.25) is 0 Å². The second-order valence-electron chi connectivity index (χ2n) is 5.61. The first-order valence-electron chi connectivity index (χ1n) is 7.29. The molecule has 4 heteroatoms. The number of nitrogens with one attached hydrogen (secondary N) is 1. The minimum absolute atomic E-state index is 0.0656. The van der Waals surface area contributed by atoms with Crippen LogP contribution in [-0.4, -0.2) is 17.1 Å². The van der Waals surface area contributed by atoms with Gasteiger partial charge in [-0.15, -0.1) is 0 Å². The van der Waals surface area contributed by atoms with Gasteiger partial charge >= 0.3 is 5.97 Å². The molecule has 0 aliphatic rings. The van der Waals surface area contributed by atoms with Crippen molar-refractivity contribution < 1.29 is 14.3 Å². The molecule has 0 radical (unpaired) electrons. The Morgan fingerprint density at radius 2 is 1.82 bits per heavy atom. The first-order chi connectivity index (χ1) is 10.5. The van der Waals surface area contributed by atoms with Crippen LogP contribution in [0.1, 0.15) is 19.4 Å². The van der Waals surface area contributed by atoms with Crippen LogP contribution in [0.2, 0.25) is 0 Å². The summed E-state index contributed by atoms with van der Waals surface area (Å²) < 4.78 is 14.2. The maximum Gasteiger partial charge on any atom is 0.320 e. The van der Waals surface area contributed by atoms with Crippen molar-refractivity contribution in [1.29, 1.82) is 0 Å². The molecule has 3 nitrogen and oxygen atoms in total. The number of rotatable bonds is 6. The van der Waals surface area contributed by atoms with Crippen molar-refractivity contribution in [3.63, 3.8) is 0 Å². The van der Waals surface area contributed by atoms with E-state index >= 15 is 0 Å². The molecule has 2 aromatic rings. The molecule has 1 unspecified atom stereocenters. The maximum atomic E-state index is 14.2. The third-order valence-corrected chi connectivity index (χ3v) is 3.61. The van der Waals surface area contributed by atoms with Gasteiger partial charge in [-0.3, -0.25) is 10.1 Å². The molecule has 2 N–H and O–H groups in total. The normalized spacial score (nSPS) is 12.4. The first-order valence-corrected chi connectivity index (χ1v) is 7.29. The number of carboxylic acid groups (broad SMARTS) is 1. The van der Waals surface area contributed by atoms with Crippen LogP contribution < -0.4 is 5.32 Å². The Bertz CT molecular complexity index is 641. The van der Waals surface area contributed by atoms with Crippen LogP contribution in [-0.2, 0) is 11.3 Å². The fraction of sp³-hybridized carbons (Fsp3) is 0.278. The van der Waals surface area contributed by atoms with Crippen molar-refractivity contribution in [3.8, 4) is 11.1 Å². The van der Waals surface area contributed by atoms with Gasteiger partial charge in [0, 0.05) is 12.1 Å². The average molecular weight is 301 g/mol. The molecule has 0 aliphatic heterocycles. The van der Waals surface area contributed by atoms with Crippen LogP contribution in [0.4, 0.5) is 4.39 Å². The fourth-order valence-corrected chi connectivity index (χ4v) is 2.33. The highest BCUT2D eigenvalue weighted by atomic mass is 19.1. The number of carbonyl (C=O) groups is 1. The van der Waals surface area contributed by atoms with Gasteiger partial charge in [0.05, 0.1) is 0 Å². The summed E-state index contributed by atoms with van der Waals surface area (Å²) in [7, 11) is 0. The molecule has 0 spiro atoms. The smallest absolute Gasteiger partial charge is 0.320 e. The van der Waals surface area contributed by atoms with Crippen LogP contribution in [0.3, 0.4) is 0 Å². The van der Waals surface area contributed by atoms with E-state index in [9.17, 15) is 9.18 Å². The van der Waals surface area contributed by atoms with E-state index in [1.807, 2.05) is 50.2 Å². The monoisotopic (exact) mass is 301 g/mol. The van der Waals surface area contributed by atoms with Gasteiger partial charge in [0.15, 0.2) is 0 Å². The summed E-state index contributed by atoms with van der Waals surface area (Å²) in [5.74, 6) is -1.32. The summed E-state index contributed by atoms with van der Waals surface area (Å²) in [5, 5.41) is 12.0. The van der Waals surface area contributed by atoms with Crippen LogP contribution in [0.15, 0.2) is 48.5 Å². The van der Waals surface area contributed by atoms with E-state index in [1.54, 1.807) is 6.07 Å². The summed E-state index contributed by atoms with van der Waals surface area (Å²) in [4.78, 5) is 11.1. The highest BCUT2D eigenvalue weighted by Crippen LogP contribution is 2.21. The predicted octanol–water partition coefficient (Wildman–Crippen LogP) is 3.69. The quantitative estimate of drug-likeness (QED) is 0.855. The lowest BCUT2D eigenvalue weighted by molar-refractivity contribution is -0.140. The molecule has 22 heavy (non-hydrogen) atoms. The minimum Gasteiger partial charge on any atom is -0.480 e. The zero-order valence-electron chi connectivity index (χ0n) is 12.7. The van der Waals surface area contributed by atoms with Gasteiger partial charge in [-0.2, -0.15) is 0 Å². The molecule has 0 heterocycles. The molecule has 0 amide bonds. The minimum atomic E-state index is -0.920. The maximum absolute atomic E-state index is 14.2. The predicted molar refractivity (Wildman–Crippen MR) is 84.9 cm³/mol. The van der Waals surface area contributed by atoms with E-state index in [-0.39, 0.29) is 18.3 Å². The number of carboxylic acids is 1. The molecule has 2 rings (SSSR count). The zero-order valence-corrected chi connectivity index (χ0v) is 12.7. The lowest BCUT2D eigenvalue weighted by atomic mass is 10.0. The van der Waals surface area contributed by atoms with Crippen LogP contribution >= 0.6 is 0 Å². The Morgan fingerprint density at radius 3 is 2.36 bits per heavy atom. The van der Waals surface area contributed by atoms with Crippen LogP contribution in [0.25, 0.3) is 11.1 Å². The summed E-state index contributed by atoms with van der Waals surface area (Å²) >= 11 is 0. The van der Waals surface area contributed by atoms with Crippen molar-refractivity contribution in [3.05, 3.63) is 59.9 Å². The lowest BCUT2D eigenvalue weighted by Crippen LogP contribution is -2.40. The van der Waals surface area contributed by atoms with Crippen molar-refractivity contribution in [2.45, 2.75) is 26.4 Å². The lowest BCUT2D eigenvalue weighted by Gasteiger charge is -2.18. The molecule has 0 fully saturated rings. The van der Waals surface area contributed by atoms with E-state index in [0.717, 1.165) is 11.1 Å². The Balaban J connectivity index is 2.12. The van der Waals surface area contributed by atoms with Crippen molar-refractivity contribution in [2.24, 2.45) is 5.92 Å². The SMILES string of the molecule is CC(C)C(NCc1ccc(-c2ccccc2)cc1F)C(=O)O. The highest BCUT2D eigenvalue weighted by Gasteiger charge is 2.20. The van der Waals surface area contributed by atoms with Gasteiger partial charge in [0.25, 0.3) is 0 Å². The van der Waals surface area contributed by atoms with Crippen molar-refractivity contribution >= 4 is 5.97 Å². The summed E-state index contributed by atoms with van der Waals surface area (Å²) in [6.07, 6.45) is 0. The third-order valence-electron chi connectivity index (χ3n) is 3.61. The first kappa shape index (κ1) is 16.2. The Kier molecular flexibility index (Phi) is 5.28. The van der Waals surface area contributed by atoms with Gasteiger partial charge in [-0.1, -0.05) is 56.3 Å². The molecule has 0 saturated carbocycles. The summed E-state index contributed by atoms with van der Waals surface area (Å²) in [6, 6.07) is 13.9. The molecule has 0 aliphatic carbocycles. The van der Waals surface area contributed by atoms with Gasteiger partial charge in [0.1, 0.15) is 11.9 Å². The Hall–Kier alpha value is -2.20. The average Bonchev–Trinajstić information content (AvgIpc) is 2.49. The molecule has 0 aromatic heterocycles. The molecular formula is C18H20FNO2. The standard InChI is InChI=1S/C18H20FNO2/c1-12(2)17(18(21)22)20-11-15-9-8-14(10-16(15)19)13-6-4-3-5-7-13/h3-10,12,17,20H,11H2,1-2H3,(H,21,22). The third kappa shape index (κ3) is 3.92. The molecule has 1 atom stereocenters. The highest BCUT2D eigenvalue weighted by molar-refractivity contribution is 5.73. The van der Waals surface area contributed by atoms with Gasteiger partial charge in [-0.05, 0) is 23.1 Å². The van der Waals surface area contributed by atoms with Crippen molar-refractivity contribution in [2.75, 3.05) is 0 Å². The van der Waals surface area contributed by atoms with E-state index in [4.69, 9.17) is 5.11 Å². The van der Waals surface area contributed by atoms with Gasteiger partial charge in [-0.25, -0.2) is 4.39 Å². The summed E-state index contributed by atoms with van der Waals surface area (Å²) in [5.41, 5.74) is 2.22. The molecular weight excluding hydrogens is 281 g/mol. The van der Waals surface area contributed by atoms with E-state index in [0.29, 0.717) is 5.56 Å². The van der Waals surface area contributed by atoms with Crippen LogP contribution in [0, 0.1) is 11.7 Å². The molecule has 0 bridgehead atoms. The number of aliphatic carboxylic acids is 1. The Morgan fingerprint density at radius 1 is 1.14 bits per heavy atom. The van der Waals surface area contributed by atoms with E-state index in [2.05, 4.69) is 5.32 Å². The number of hydrogen-bond acceptors (Lipinski definition) is 2. The molecule has 116 valence electrons. The Labute approximate surface area is 129 Å². The summed E-state index contributed by atoms with van der Waals surface area (Å²) in [6.45, 7) is 3.83. The zero-order chi connectivity index (χ0) is 16.1. The fourth-order valence-electron chi connectivity index (χ4n) is 2.33. The van der Waals surface area contributed by atoms with E-state index in [1.165, 1.54) is 6.07 Å². The number of halogens is 1. The second-order valence-corrected chi connectivity index (χ2v) is 5.61. The second kappa shape index (κ2) is 7.18. The number of hydrogen-bond donors (Lipinski definition) is 2.